The number of hydrogen-bond acceptors (Lipinski definition) is 7. The zero-order valence-corrected chi connectivity index (χ0v) is 13.4. The highest BCUT2D eigenvalue weighted by atomic mass is 32.2. The predicted molar refractivity (Wildman–Crippen MR) is 86.0 cm³/mol. The maximum atomic E-state index is 10.0. The van der Waals surface area contributed by atoms with E-state index in [2.05, 4.69) is 0 Å². The van der Waals surface area contributed by atoms with Gasteiger partial charge < -0.3 is 0 Å². The number of allylic oxidation sites excluding steroid dienone is 2. The molecule has 0 spiro atoms. The molecule has 0 aliphatic carbocycles. The monoisotopic (exact) mass is 336 g/mol. The Hall–Kier alpha value is -1.06. The van der Waals surface area contributed by atoms with Gasteiger partial charge in [0, 0.05) is 35.6 Å². The SMILES string of the molecule is O=[N+]([O-])C=CCCCCSOSCCCCC=C[N+](=O)[O-]. The van der Waals surface area contributed by atoms with Crippen LogP contribution in [-0.2, 0) is 3.63 Å². The molecule has 0 amide bonds. The molecule has 21 heavy (non-hydrogen) atoms. The first-order valence-electron chi connectivity index (χ1n) is 6.64. The topological polar surface area (TPSA) is 95.5 Å². The maximum Gasteiger partial charge on any atom is 0.230 e. The van der Waals surface area contributed by atoms with Crippen LogP contribution in [0.1, 0.15) is 38.5 Å². The van der Waals surface area contributed by atoms with Crippen LogP contribution in [0.25, 0.3) is 0 Å². The van der Waals surface area contributed by atoms with Crippen LogP contribution in [0.4, 0.5) is 0 Å². The molecule has 0 aromatic heterocycles. The van der Waals surface area contributed by atoms with Gasteiger partial charge in [0.2, 0.25) is 12.4 Å². The third-order valence-corrected chi connectivity index (χ3v) is 3.93. The summed E-state index contributed by atoms with van der Waals surface area (Å²) in [6, 6.07) is 0. The van der Waals surface area contributed by atoms with Gasteiger partial charge in [0.05, 0.1) is 9.85 Å². The lowest BCUT2D eigenvalue weighted by Gasteiger charge is -2.00. The van der Waals surface area contributed by atoms with E-state index in [1.807, 2.05) is 0 Å². The average Bonchev–Trinajstić information content (AvgIpc) is 2.42. The molecule has 0 saturated heterocycles. The van der Waals surface area contributed by atoms with Crippen molar-refractivity contribution in [3.05, 3.63) is 44.8 Å². The molecular weight excluding hydrogens is 316 g/mol. The van der Waals surface area contributed by atoms with Crippen LogP contribution in [0.3, 0.4) is 0 Å². The Balaban J connectivity index is 3.12. The molecule has 0 atom stereocenters. The Morgan fingerprint density at radius 3 is 1.62 bits per heavy atom. The second-order valence-electron chi connectivity index (χ2n) is 4.04. The summed E-state index contributed by atoms with van der Waals surface area (Å²) in [4.78, 5) is 19.1. The molecule has 0 aliphatic heterocycles. The second-order valence-corrected chi connectivity index (χ2v) is 5.88. The summed E-state index contributed by atoms with van der Waals surface area (Å²) in [5.41, 5.74) is 0. The van der Waals surface area contributed by atoms with Gasteiger partial charge in [0.1, 0.15) is 0 Å². The fraction of sp³-hybridized carbons (Fsp3) is 0.667. The van der Waals surface area contributed by atoms with E-state index in [0.29, 0.717) is 12.8 Å². The fourth-order valence-corrected chi connectivity index (χ4v) is 2.73. The van der Waals surface area contributed by atoms with Crippen LogP contribution >= 0.6 is 24.1 Å². The first-order valence-corrected chi connectivity index (χ1v) is 8.46. The molecule has 9 heteroatoms. The van der Waals surface area contributed by atoms with Gasteiger partial charge in [-0.25, -0.2) is 3.63 Å². The molecule has 0 saturated carbocycles. The Kier molecular flexibility index (Phi) is 14.6. The zero-order valence-electron chi connectivity index (χ0n) is 11.7. The lowest BCUT2D eigenvalue weighted by Crippen LogP contribution is -1.85. The largest absolute Gasteiger partial charge is 0.259 e. The number of unbranched alkanes of at least 4 members (excludes halogenated alkanes) is 4. The summed E-state index contributed by atoms with van der Waals surface area (Å²) in [5, 5.41) is 20.0. The molecule has 0 N–H and O–H groups in total. The Labute approximate surface area is 132 Å². The van der Waals surface area contributed by atoms with Gasteiger partial charge in [0.25, 0.3) is 0 Å². The molecule has 0 heterocycles. The van der Waals surface area contributed by atoms with Gasteiger partial charge in [0.15, 0.2) is 0 Å². The first-order chi connectivity index (χ1) is 10.1. The summed E-state index contributed by atoms with van der Waals surface area (Å²) >= 11 is 2.78. The molecule has 0 unspecified atom stereocenters. The van der Waals surface area contributed by atoms with Gasteiger partial charge in [-0.3, -0.25) is 20.2 Å². The van der Waals surface area contributed by atoms with E-state index in [1.165, 1.54) is 24.1 Å². The van der Waals surface area contributed by atoms with Gasteiger partial charge in [-0.2, -0.15) is 0 Å². The van der Waals surface area contributed by atoms with Crippen LogP contribution in [0.15, 0.2) is 24.6 Å². The van der Waals surface area contributed by atoms with Crippen molar-refractivity contribution in [3.63, 3.8) is 0 Å². The molecule has 120 valence electrons. The molecule has 0 aliphatic rings. The van der Waals surface area contributed by atoms with Crippen molar-refractivity contribution >= 4 is 24.1 Å². The van der Waals surface area contributed by atoms with E-state index in [9.17, 15) is 20.2 Å². The minimum Gasteiger partial charge on any atom is -0.259 e. The molecular formula is C12H20N2O5S2. The number of nitrogens with zero attached hydrogens (tertiary/aromatic N) is 2. The van der Waals surface area contributed by atoms with Crippen molar-refractivity contribution in [2.24, 2.45) is 0 Å². The normalized spacial score (nSPS) is 11.4. The van der Waals surface area contributed by atoms with Crippen molar-refractivity contribution in [2.45, 2.75) is 38.5 Å². The van der Waals surface area contributed by atoms with Crippen LogP contribution < -0.4 is 0 Å². The summed E-state index contributed by atoms with van der Waals surface area (Å²) in [7, 11) is 0. The van der Waals surface area contributed by atoms with Crippen molar-refractivity contribution in [1.29, 1.82) is 0 Å². The highest BCUT2D eigenvalue weighted by Gasteiger charge is 1.94. The molecule has 0 fully saturated rings. The predicted octanol–water partition coefficient (Wildman–Crippen LogP) is 4.22. The molecule has 0 bridgehead atoms. The maximum absolute atomic E-state index is 10.0. The summed E-state index contributed by atoms with van der Waals surface area (Å²) in [6.45, 7) is 0. The molecule has 7 nitrogen and oxygen atoms in total. The fourth-order valence-electron chi connectivity index (χ4n) is 1.27. The number of rotatable bonds is 14. The average molecular weight is 336 g/mol. The Morgan fingerprint density at radius 1 is 0.810 bits per heavy atom. The second kappa shape index (κ2) is 15.3. The van der Waals surface area contributed by atoms with Gasteiger partial charge in [-0.15, -0.1) is 0 Å². The van der Waals surface area contributed by atoms with Gasteiger partial charge in [-0.05, 0) is 50.7 Å². The van der Waals surface area contributed by atoms with E-state index in [1.54, 1.807) is 12.2 Å². The smallest absolute Gasteiger partial charge is 0.230 e. The van der Waals surface area contributed by atoms with Crippen LogP contribution in [0.2, 0.25) is 0 Å². The van der Waals surface area contributed by atoms with Crippen molar-refractivity contribution in [1.82, 2.24) is 0 Å². The zero-order chi connectivity index (χ0) is 15.8. The third kappa shape index (κ3) is 18.9. The van der Waals surface area contributed by atoms with Gasteiger partial charge >= 0.3 is 0 Å². The minimum atomic E-state index is -0.457. The molecule has 0 radical (unpaired) electrons. The molecule has 0 aromatic carbocycles. The van der Waals surface area contributed by atoms with E-state index >= 15 is 0 Å². The van der Waals surface area contributed by atoms with E-state index in [4.69, 9.17) is 3.63 Å². The Bertz CT molecular complexity index is 319. The van der Waals surface area contributed by atoms with E-state index in [0.717, 1.165) is 49.6 Å². The van der Waals surface area contributed by atoms with Crippen molar-refractivity contribution < 1.29 is 13.5 Å². The third-order valence-electron chi connectivity index (χ3n) is 2.25. The highest BCUT2D eigenvalue weighted by Crippen LogP contribution is 2.18. The first kappa shape index (κ1) is 19.9. The highest BCUT2D eigenvalue weighted by molar-refractivity contribution is 8.07. The Morgan fingerprint density at radius 2 is 1.24 bits per heavy atom. The van der Waals surface area contributed by atoms with Crippen molar-refractivity contribution in [2.75, 3.05) is 11.5 Å². The summed E-state index contributed by atoms with van der Waals surface area (Å²) < 4.78 is 5.30. The van der Waals surface area contributed by atoms with Gasteiger partial charge in [-0.1, -0.05) is 0 Å². The molecule has 0 rings (SSSR count). The van der Waals surface area contributed by atoms with Crippen molar-refractivity contribution in [3.8, 4) is 0 Å². The van der Waals surface area contributed by atoms with E-state index in [-0.39, 0.29) is 0 Å². The van der Waals surface area contributed by atoms with E-state index < -0.39 is 9.85 Å². The van der Waals surface area contributed by atoms with Crippen LogP contribution in [0.5, 0.6) is 0 Å². The molecule has 0 aromatic rings. The summed E-state index contributed by atoms with van der Waals surface area (Å²) in [5.74, 6) is 1.73. The number of hydrogen-bond donors (Lipinski definition) is 0. The minimum absolute atomic E-state index is 0.457. The van der Waals surface area contributed by atoms with Crippen LogP contribution in [0, 0.1) is 20.2 Å². The number of nitro groups is 2. The lowest BCUT2D eigenvalue weighted by molar-refractivity contribution is -0.402. The summed E-state index contributed by atoms with van der Waals surface area (Å²) in [6.07, 6.45) is 10.2. The lowest BCUT2D eigenvalue weighted by atomic mass is 10.2. The quantitative estimate of drug-likeness (QED) is 0.203. The van der Waals surface area contributed by atoms with Crippen LogP contribution in [-0.4, -0.2) is 21.4 Å². The standard InChI is InChI=1S/C12H20N2O5S2/c15-13(16)9-5-1-3-7-11-20-19-21-12-8-4-2-6-10-14(17)18/h5-6,9-10H,1-4,7-8,11-12H2.